The number of para-hydroxylation sites is 1. The number of aromatic nitrogens is 2. The number of nitrogens with zero attached hydrogens (tertiary/aromatic N) is 3. The van der Waals surface area contributed by atoms with Crippen LogP contribution in [0.1, 0.15) is 30.0 Å². The number of aryl methyl sites for hydroxylation is 1. The molecule has 2 N–H and O–H groups in total. The van der Waals surface area contributed by atoms with Crippen molar-refractivity contribution in [2.75, 3.05) is 37.4 Å². The predicted molar refractivity (Wildman–Crippen MR) is 127 cm³/mol. The molecular weight excluding hydrogens is 402 g/mol. The Labute approximate surface area is 188 Å². The predicted octanol–water partition coefficient (Wildman–Crippen LogP) is 4.36. The molecule has 7 nitrogen and oxygen atoms in total. The molecule has 0 unspecified atom stereocenters. The molecule has 0 radical (unpaired) electrons. The minimum atomic E-state index is 0.104. The maximum absolute atomic E-state index is 12.8. The summed E-state index contributed by atoms with van der Waals surface area (Å²) in [5, 5.41) is 6.51. The van der Waals surface area contributed by atoms with Gasteiger partial charge in [-0.25, -0.2) is 9.97 Å². The van der Waals surface area contributed by atoms with Gasteiger partial charge >= 0.3 is 0 Å². The molecule has 0 aliphatic carbocycles. The smallest absolute Gasteiger partial charge is 0.241 e. The largest absolute Gasteiger partial charge is 0.495 e. The number of benzene rings is 1. The van der Waals surface area contributed by atoms with E-state index in [9.17, 15) is 4.79 Å². The summed E-state index contributed by atoms with van der Waals surface area (Å²) in [5.41, 5.74) is 2.99. The molecule has 2 aromatic heterocycles. The molecule has 32 heavy (non-hydrogen) atoms. The summed E-state index contributed by atoms with van der Waals surface area (Å²) in [6, 6.07) is 17.6. The number of ether oxygens (including phenoxy) is 1. The van der Waals surface area contributed by atoms with Gasteiger partial charge in [0.15, 0.2) is 0 Å². The van der Waals surface area contributed by atoms with Crippen LogP contribution in [0.5, 0.6) is 5.75 Å². The molecule has 1 aliphatic heterocycles. The van der Waals surface area contributed by atoms with Crippen LogP contribution in [0.4, 0.5) is 17.3 Å². The fourth-order valence-electron chi connectivity index (χ4n) is 4.05. The van der Waals surface area contributed by atoms with Crippen LogP contribution in [-0.2, 0) is 4.79 Å². The number of anilines is 3. The minimum Gasteiger partial charge on any atom is -0.495 e. The highest BCUT2D eigenvalue weighted by Gasteiger charge is 2.25. The number of carbonyl (C=O) groups is 1. The Morgan fingerprint density at radius 2 is 1.84 bits per heavy atom. The van der Waals surface area contributed by atoms with Gasteiger partial charge in [-0.3, -0.25) is 4.79 Å². The number of amides is 1. The summed E-state index contributed by atoms with van der Waals surface area (Å²) in [6.07, 6.45) is 3.56. The highest BCUT2D eigenvalue weighted by atomic mass is 16.5. The third-order valence-electron chi connectivity index (χ3n) is 5.83. The molecule has 166 valence electrons. The average Bonchev–Trinajstić information content (AvgIpc) is 2.84. The molecule has 1 saturated heterocycles. The quantitative estimate of drug-likeness (QED) is 0.579. The Kier molecular flexibility index (Phi) is 6.84. The topological polar surface area (TPSA) is 79.4 Å². The Balaban J connectivity index is 1.31. The Morgan fingerprint density at radius 3 is 2.59 bits per heavy atom. The van der Waals surface area contributed by atoms with Crippen molar-refractivity contribution in [3.8, 4) is 5.75 Å². The van der Waals surface area contributed by atoms with Crippen molar-refractivity contribution >= 4 is 23.2 Å². The summed E-state index contributed by atoms with van der Waals surface area (Å²) >= 11 is 0. The van der Waals surface area contributed by atoms with E-state index in [4.69, 9.17) is 9.72 Å². The van der Waals surface area contributed by atoms with E-state index >= 15 is 0 Å². The summed E-state index contributed by atoms with van der Waals surface area (Å²) < 4.78 is 5.41. The van der Waals surface area contributed by atoms with Gasteiger partial charge in [0.25, 0.3) is 0 Å². The molecule has 0 bridgehead atoms. The van der Waals surface area contributed by atoms with E-state index in [0.717, 1.165) is 60.3 Å². The molecule has 0 saturated carbocycles. The van der Waals surface area contributed by atoms with Crippen LogP contribution < -0.4 is 15.4 Å². The summed E-state index contributed by atoms with van der Waals surface area (Å²) in [5.74, 6) is 2.76. The molecule has 4 rings (SSSR count). The number of likely N-dealkylation sites (tertiary alicyclic amines) is 1. The van der Waals surface area contributed by atoms with E-state index in [-0.39, 0.29) is 12.5 Å². The van der Waals surface area contributed by atoms with Crippen LogP contribution in [0.2, 0.25) is 0 Å². The van der Waals surface area contributed by atoms with Gasteiger partial charge in [-0.2, -0.15) is 0 Å². The zero-order valence-electron chi connectivity index (χ0n) is 18.5. The Bertz CT molecular complexity index is 1050. The Hall–Kier alpha value is -3.61. The fourth-order valence-corrected chi connectivity index (χ4v) is 4.05. The van der Waals surface area contributed by atoms with E-state index < -0.39 is 0 Å². The lowest BCUT2D eigenvalue weighted by molar-refractivity contribution is -0.130. The Morgan fingerprint density at radius 1 is 1.06 bits per heavy atom. The second-order valence-corrected chi connectivity index (χ2v) is 7.95. The van der Waals surface area contributed by atoms with Gasteiger partial charge in [-0.1, -0.05) is 24.3 Å². The number of rotatable bonds is 7. The first-order chi connectivity index (χ1) is 15.6. The summed E-state index contributed by atoms with van der Waals surface area (Å²) in [7, 11) is 1.64. The van der Waals surface area contributed by atoms with E-state index in [1.54, 1.807) is 13.3 Å². The first-order valence-electron chi connectivity index (χ1n) is 10.9. The lowest BCUT2D eigenvalue weighted by Crippen LogP contribution is -2.41. The van der Waals surface area contributed by atoms with Gasteiger partial charge in [0.05, 0.1) is 19.3 Å². The van der Waals surface area contributed by atoms with Crippen molar-refractivity contribution in [2.24, 2.45) is 0 Å². The third-order valence-corrected chi connectivity index (χ3v) is 5.83. The number of carbonyl (C=O) groups excluding carboxylic acids is 1. The van der Waals surface area contributed by atoms with Gasteiger partial charge < -0.3 is 20.3 Å². The maximum atomic E-state index is 12.8. The van der Waals surface area contributed by atoms with E-state index in [1.807, 2.05) is 60.4 Å². The second kappa shape index (κ2) is 10.1. The molecule has 1 aliphatic rings. The first-order valence-corrected chi connectivity index (χ1v) is 10.9. The number of nitrogens with one attached hydrogen (secondary N) is 2. The normalized spacial score (nSPS) is 14.1. The first kappa shape index (κ1) is 21.6. The summed E-state index contributed by atoms with van der Waals surface area (Å²) in [6.45, 7) is 3.73. The van der Waals surface area contributed by atoms with Gasteiger partial charge in [-0.15, -0.1) is 0 Å². The monoisotopic (exact) mass is 431 g/mol. The van der Waals surface area contributed by atoms with Gasteiger partial charge in [-0.05, 0) is 55.7 Å². The minimum absolute atomic E-state index is 0.104. The summed E-state index contributed by atoms with van der Waals surface area (Å²) in [4.78, 5) is 23.8. The van der Waals surface area contributed by atoms with E-state index in [1.165, 1.54) is 0 Å². The zero-order valence-corrected chi connectivity index (χ0v) is 18.5. The third kappa shape index (κ3) is 5.17. The molecule has 0 atom stereocenters. The number of piperidine rings is 1. The van der Waals surface area contributed by atoms with E-state index in [2.05, 4.69) is 21.7 Å². The van der Waals surface area contributed by atoms with Gasteiger partial charge in [0.1, 0.15) is 17.4 Å². The SMILES string of the molecule is COc1cccc(C)c1NCC(=O)N1CCC(c2cccc(Nc3ccccn3)n2)CC1. The number of methoxy groups -OCH3 is 1. The molecule has 3 aromatic rings. The molecule has 1 fully saturated rings. The lowest BCUT2D eigenvalue weighted by atomic mass is 9.93. The molecule has 1 amide bonds. The van der Waals surface area contributed by atoms with Crippen molar-refractivity contribution in [1.29, 1.82) is 0 Å². The van der Waals surface area contributed by atoms with Crippen molar-refractivity contribution in [3.63, 3.8) is 0 Å². The number of pyridine rings is 2. The number of hydrogen-bond donors (Lipinski definition) is 2. The fraction of sp³-hybridized carbons (Fsp3) is 0.320. The molecule has 3 heterocycles. The van der Waals surface area contributed by atoms with Crippen molar-refractivity contribution in [1.82, 2.24) is 14.9 Å². The van der Waals surface area contributed by atoms with Crippen LogP contribution in [0.3, 0.4) is 0 Å². The molecule has 0 spiro atoms. The average molecular weight is 432 g/mol. The molecule has 7 heteroatoms. The van der Waals surface area contributed by atoms with Crippen LogP contribution in [0, 0.1) is 6.92 Å². The molecular formula is C25H29N5O2. The van der Waals surface area contributed by atoms with Crippen molar-refractivity contribution in [2.45, 2.75) is 25.7 Å². The van der Waals surface area contributed by atoms with Crippen LogP contribution >= 0.6 is 0 Å². The highest BCUT2D eigenvalue weighted by molar-refractivity contribution is 5.82. The van der Waals surface area contributed by atoms with E-state index in [0.29, 0.717) is 5.92 Å². The van der Waals surface area contributed by atoms with Gasteiger partial charge in [0, 0.05) is 30.9 Å². The van der Waals surface area contributed by atoms with Crippen LogP contribution in [-0.4, -0.2) is 47.5 Å². The second-order valence-electron chi connectivity index (χ2n) is 7.95. The van der Waals surface area contributed by atoms with Crippen molar-refractivity contribution in [3.05, 3.63) is 72.1 Å². The van der Waals surface area contributed by atoms with Gasteiger partial charge in [0.2, 0.25) is 5.91 Å². The van der Waals surface area contributed by atoms with Crippen LogP contribution in [0.15, 0.2) is 60.8 Å². The highest BCUT2D eigenvalue weighted by Crippen LogP contribution is 2.29. The van der Waals surface area contributed by atoms with Crippen LogP contribution in [0.25, 0.3) is 0 Å². The zero-order chi connectivity index (χ0) is 22.3. The standard InChI is InChI=1S/C25H29N5O2/c1-18-7-5-9-21(32-2)25(18)27-17-24(31)30-15-12-19(13-16-30)20-8-6-11-23(28-20)29-22-10-3-4-14-26-22/h3-11,14,19,27H,12-13,15-17H2,1-2H3,(H,26,28,29). The molecule has 1 aromatic carbocycles. The number of hydrogen-bond acceptors (Lipinski definition) is 6. The van der Waals surface area contributed by atoms with Crippen molar-refractivity contribution < 1.29 is 9.53 Å². The lowest BCUT2D eigenvalue weighted by Gasteiger charge is -2.32. The maximum Gasteiger partial charge on any atom is 0.241 e.